The zero-order valence-electron chi connectivity index (χ0n) is 17.4. The van der Waals surface area contributed by atoms with Crippen LogP contribution in [0.25, 0.3) is 0 Å². The van der Waals surface area contributed by atoms with Gasteiger partial charge in [0.05, 0.1) is 12.6 Å². The third kappa shape index (κ3) is 6.52. The average Bonchev–Trinajstić information content (AvgIpc) is 3.18. The van der Waals surface area contributed by atoms with E-state index in [2.05, 4.69) is 22.4 Å². The maximum atomic E-state index is 13.5. The number of aliphatic imine (C=N–C) groups is 1. The highest BCUT2D eigenvalue weighted by Crippen LogP contribution is 2.13. The fraction of sp³-hybridized carbons (Fsp3) is 0.571. The van der Waals surface area contributed by atoms with E-state index >= 15 is 0 Å². The van der Waals surface area contributed by atoms with Crippen molar-refractivity contribution < 1.29 is 9.13 Å². The summed E-state index contributed by atoms with van der Waals surface area (Å²) in [6.07, 6.45) is 6.14. The lowest BCUT2D eigenvalue weighted by molar-refractivity contribution is 0.0223. The van der Waals surface area contributed by atoms with Crippen LogP contribution < -0.4 is 5.32 Å². The van der Waals surface area contributed by atoms with Crippen LogP contribution in [0.5, 0.6) is 0 Å². The Kier molecular flexibility index (Phi) is 7.98. The van der Waals surface area contributed by atoms with Crippen molar-refractivity contribution in [3.8, 4) is 0 Å². The van der Waals surface area contributed by atoms with Crippen LogP contribution in [-0.2, 0) is 24.2 Å². The van der Waals surface area contributed by atoms with Crippen LogP contribution in [0.3, 0.4) is 0 Å². The van der Waals surface area contributed by atoms with Crippen molar-refractivity contribution in [1.82, 2.24) is 25.0 Å². The van der Waals surface area contributed by atoms with E-state index in [1.807, 2.05) is 22.6 Å². The first kappa shape index (κ1) is 21.2. The molecule has 1 saturated heterocycles. The summed E-state index contributed by atoms with van der Waals surface area (Å²) in [5.74, 6) is 1.53. The van der Waals surface area contributed by atoms with Gasteiger partial charge in [0.1, 0.15) is 18.0 Å². The van der Waals surface area contributed by atoms with Crippen LogP contribution in [-0.4, -0.2) is 58.5 Å². The molecule has 2 aromatic rings. The number of rotatable bonds is 8. The first-order chi connectivity index (χ1) is 14.2. The predicted octanol–water partition coefficient (Wildman–Crippen LogP) is 2.63. The largest absolute Gasteiger partial charge is 0.376 e. The molecule has 1 unspecified atom stereocenters. The Morgan fingerprint density at radius 3 is 3.07 bits per heavy atom. The molecule has 0 amide bonds. The Morgan fingerprint density at radius 2 is 2.31 bits per heavy atom. The summed E-state index contributed by atoms with van der Waals surface area (Å²) in [5, 5.41) is 11.5. The summed E-state index contributed by atoms with van der Waals surface area (Å²) < 4.78 is 21.4. The van der Waals surface area contributed by atoms with Crippen LogP contribution in [0.4, 0.5) is 4.39 Å². The Balaban J connectivity index is 1.62. The Hall–Kier alpha value is -2.48. The molecule has 1 fully saturated rings. The fourth-order valence-corrected chi connectivity index (χ4v) is 3.46. The zero-order chi connectivity index (χ0) is 20.5. The number of hydrogen-bond donors (Lipinski definition) is 1. The maximum absolute atomic E-state index is 13.5. The quantitative estimate of drug-likeness (QED) is 0.543. The SMILES string of the molecule is CCc1nncn1CCNC(=NCC1CCCCO1)N(C)Cc1cccc(F)c1. The molecule has 0 radical (unpaired) electrons. The number of aromatic nitrogens is 3. The maximum Gasteiger partial charge on any atom is 0.194 e. The first-order valence-electron chi connectivity index (χ1n) is 10.4. The predicted molar refractivity (Wildman–Crippen MR) is 111 cm³/mol. The number of nitrogens with one attached hydrogen (secondary N) is 1. The molecule has 0 saturated carbocycles. The van der Waals surface area contributed by atoms with Gasteiger partial charge in [-0.2, -0.15) is 0 Å². The van der Waals surface area contributed by atoms with Gasteiger partial charge in [0.25, 0.3) is 0 Å². The van der Waals surface area contributed by atoms with Gasteiger partial charge in [-0.3, -0.25) is 4.99 Å². The smallest absolute Gasteiger partial charge is 0.194 e. The van der Waals surface area contributed by atoms with Crippen molar-refractivity contribution >= 4 is 5.96 Å². The zero-order valence-corrected chi connectivity index (χ0v) is 17.4. The molecule has 1 atom stereocenters. The summed E-state index contributed by atoms with van der Waals surface area (Å²) >= 11 is 0. The summed E-state index contributed by atoms with van der Waals surface area (Å²) in [5.41, 5.74) is 0.906. The molecular weight excluding hydrogens is 371 g/mol. The molecule has 0 aliphatic carbocycles. The van der Waals surface area contributed by atoms with Gasteiger partial charge in [0, 0.05) is 39.7 Å². The minimum absolute atomic E-state index is 0.174. The highest BCUT2D eigenvalue weighted by molar-refractivity contribution is 5.79. The molecule has 1 aromatic heterocycles. The second-order valence-electron chi connectivity index (χ2n) is 7.36. The van der Waals surface area contributed by atoms with Crippen LogP contribution in [0, 0.1) is 5.82 Å². The van der Waals surface area contributed by atoms with Crippen molar-refractivity contribution in [1.29, 1.82) is 0 Å². The Bertz CT molecular complexity index is 787. The molecule has 1 aliphatic rings. The lowest BCUT2D eigenvalue weighted by atomic mass is 10.1. The van der Waals surface area contributed by atoms with E-state index in [0.29, 0.717) is 19.6 Å². The summed E-state index contributed by atoms with van der Waals surface area (Å²) in [6, 6.07) is 6.67. The number of benzene rings is 1. The molecule has 158 valence electrons. The normalized spacial score (nSPS) is 17.3. The van der Waals surface area contributed by atoms with Crippen molar-refractivity contribution in [3.63, 3.8) is 0 Å². The number of hydrogen-bond acceptors (Lipinski definition) is 4. The third-order valence-corrected chi connectivity index (χ3v) is 5.04. The molecule has 1 N–H and O–H groups in total. The molecule has 8 heteroatoms. The first-order valence-corrected chi connectivity index (χ1v) is 10.4. The van der Waals surface area contributed by atoms with Gasteiger partial charge in [-0.1, -0.05) is 19.1 Å². The second kappa shape index (κ2) is 10.9. The average molecular weight is 403 g/mol. The number of nitrogens with zero attached hydrogens (tertiary/aromatic N) is 5. The van der Waals surface area contributed by atoms with Gasteiger partial charge in [-0.05, 0) is 37.0 Å². The van der Waals surface area contributed by atoms with E-state index < -0.39 is 0 Å². The molecule has 0 bridgehead atoms. The highest BCUT2D eigenvalue weighted by Gasteiger charge is 2.15. The molecular formula is C21H31FN6O. The van der Waals surface area contributed by atoms with Crippen molar-refractivity contribution in [2.75, 3.05) is 26.7 Å². The number of guanidine groups is 1. The van der Waals surface area contributed by atoms with E-state index in [1.54, 1.807) is 18.5 Å². The van der Waals surface area contributed by atoms with Crippen molar-refractivity contribution in [3.05, 3.63) is 47.8 Å². The van der Waals surface area contributed by atoms with Crippen LogP contribution in [0.1, 0.15) is 37.6 Å². The molecule has 29 heavy (non-hydrogen) atoms. The molecule has 2 heterocycles. The van der Waals surface area contributed by atoms with Crippen molar-refractivity contribution in [2.24, 2.45) is 4.99 Å². The van der Waals surface area contributed by atoms with Gasteiger partial charge < -0.3 is 19.5 Å². The van der Waals surface area contributed by atoms with E-state index in [9.17, 15) is 4.39 Å². The number of aryl methyl sites for hydroxylation is 1. The number of halogens is 1. The fourth-order valence-electron chi connectivity index (χ4n) is 3.46. The minimum Gasteiger partial charge on any atom is -0.376 e. The summed E-state index contributed by atoms with van der Waals surface area (Å²) in [6.45, 7) is 5.53. The minimum atomic E-state index is -0.224. The molecule has 1 aliphatic heterocycles. The van der Waals surface area contributed by atoms with Crippen molar-refractivity contribution in [2.45, 2.75) is 51.8 Å². The Morgan fingerprint density at radius 1 is 1.41 bits per heavy atom. The molecule has 7 nitrogen and oxygen atoms in total. The van der Waals surface area contributed by atoms with E-state index in [-0.39, 0.29) is 11.9 Å². The van der Waals surface area contributed by atoms with E-state index in [4.69, 9.17) is 9.73 Å². The standard InChI is InChI=1S/C21H31FN6O/c1-3-20-26-25-16-28(20)11-10-23-21(24-14-19-9-4-5-12-29-19)27(2)15-17-7-6-8-18(22)13-17/h6-8,13,16,19H,3-5,9-12,14-15H2,1-2H3,(H,23,24). The summed E-state index contributed by atoms with van der Waals surface area (Å²) in [4.78, 5) is 6.82. The lowest BCUT2D eigenvalue weighted by Crippen LogP contribution is -2.41. The second-order valence-corrected chi connectivity index (χ2v) is 7.36. The third-order valence-electron chi connectivity index (χ3n) is 5.04. The molecule has 0 spiro atoms. The number of ether oxygens (including phenoxy) is 1. The van der Waals surface area contributed by atoms with Crippen LogP contribution >= 0.6 is 0 Å². The lowest BCUT2D eigenvalue weighted by Gasteiger charge is -2.25. The summed E-state index contributed by atoms with van der Waals surface area (Å²) in [7, 11) is 1.97. The Labute approximate surface area is 172 Å². The van der Waals surface area contributed by atoms with Gasteiger partial charge in [0.15, 0.2) is 5.96 Å². The van der Waals surface area contributed by atoms with Gasteiger partial charge in [-0.15, -0.1) is 10.2 Å². The molecule has 1 aromatic carbocycles. The van der Waals surface area contributed by atoms with Gasteiger partial charge >= 0.3 is 0 Å². The monoisotopic (exact) mass is 402 g/mol. The van der Waals surface area contributed by atoms with Gasteiger partial charge in [-0.25, -0.2) is 4.39 Å². The van der Waals surface area contributed by atoms with E-state index in [1.165, 1.54) is 12.5 Å². The van der Waals surface area contributed by atoms with Gasteiger partial charge in [0.2, 0.25) is 0 Å². The van der Waals surface area contributed by atoms with E-state index in [0.717, 1.165) is 49.8 Å². The van der Waals surface area contributed by atoms with Crippen LogP contribution in [0.15, 0.2) is 35.6 Å². The molecule has 3 rings (SSSR count). The highest BCUT2D eigenvalue weighted by atomic mass is 19.1. The van der Waals surface area contributed by atoms with Crippen LogP contribution in [0.2, 0.25) is 0 Å². The topological polar surface area (TPSA) is 67.6 Å².